The van der Waals surface area contributed by atoms with Crippen LogP contribution in [0.15, 0.2) is 47.4 Å². The van der Waals surface area contributed by atoms with Crippen molar-refractivity contribution in [3.63, 3.8) is 0 Å². The Bertz CT molecular complexity index is 875. The maximum atomic E-state index is 14.1. The Hall–Kier alpha value is -1.90. The van der Waals surface area contributed by atoms with Crippen LogP contribution >= 0.6 is 0 Å². The number of benzene rings is 2. The predicted molar refractivity (Wildman–Crippen MR) is 86.9 cm³/mol. The van der Waals surface area contributed by atoms with E-state index in [1.54, 1.807) is 24.3 Å². The molecule has 1 atom stereocenters. The summed E-state index contributed by atoms with van der Waals surface area (Å²) >= 11 is 0. The molecule has 2 aromatic rings. The topological polar surface area (TPSA) is 40.6 Å². The quantitative estimate of drug-likeness (QED) is 0.780. The molecular formula is C17H17F3N2O2S. The van der Waals surface area contributed by atoms with Crippen molar-refractivity contribution in [1.29, 1.82) is 0 Å². The smallest absolute Gasteiger partial charge is 0.246 e. The number of likely N-dealkylation sites (N-methyl/N-ethyl adjacent to an activating group) is 1. The van der Waals surface area contributed by atoms with Crippen LogP contribution in [-0.2, 0) is 10.0 Å². The van der Waals surface area contributed by atoms with Crippen LogP contribution in [0.1, 0.15) is 11.6 Å². The van der Waals surface area contributed by atoms with E-state index in [-0.39, 0.29) is 6.54 Å². The molecule has 0 amide bonds. The molecule has 1 saturated heterocycles. The zero-order chi connectivity index (χ0) is 18.2. The summed E-state index contributed by atoms with van der Waals surface area (Å²) in [5.41, 5.74) is 0.751. The van der Waals surface area contributed by atoms with Gasteiger partial charge in [-0.05, 0) is 24.7 Å². The average molecular weight is 370 g/mol. The van der Waals surface area contributed by atoms with Gasteiger partial charge in [-0.25, -0.2) is 21.6 Å². The Morgan fingerprint density at radius 1 is 0.960 bits per heavy atom. The molecule has 4 nitrogen and oxygen atoms in total. The lowest BCUT2D eigenvalue weighted by molar-refractivity contribution is 0.160. The standard InChI is InChI=1S/C17H17F3N2O2S/c1-21-9-10-22(14(11-21)12-5-3-2-4-6-12)25(23,24)15-8-7-13(18)16(19)17(15)20/h2-8,14H,9-11H2,1H3/t14-/m0/s1. The number of nitrogens with zero attached hydrogens (tertiary/aromatic N) is 2. The van der Waals surface area contributed by atoms with Crippen molar-refractivity contribution in [1.82, 2.24) is 9.21 Å². The van der Waals surface area contributed by atoms with Crippen molar-refractivity contribution in [2.75, 3.05) is 26.7 Å². The lowest BCUT2D eigenvalue weighted by Crippen LogP contribution is -2.49. The summed E-state index contributed by atoms with van der Waals surface area (Å²) in [7, 11) is -2.47. The van der Waals surface area contributed by atoms with Crippen LogP contribution in [0, 0.1) is 17.5 Å². The van der Waals surface area contributed by atoms with Crippen molar-refractivity contribution in [3.05, 3.63) is 65.5 Å². The highest BCUT2D eigenvalue weighted by Crippen LogP contribution is 2.32. The molecule has 0 saturated carbocycles. The minimum absolute atomic E-state index is 0.122. The summed E-state index contributed by atoms with van der Waals surface area (Å²) in [6.07, 6.45) is 0. The fraction of sp³-hybridized carbons (Fsp3) is 0.294. The summed E-state index contributed by atoms with van der Waals surface area (Å²) in [6, 6.07) is 9.80. The van der Waals surface area contributed by atoms with Gasteiger partial charge in [0.05, 0.1) is 6.04 Å². The molecule has 1 aliphatic rings. The van der Waals surface area contributed by atoms with Gasteiger partial charge in [-0.15, -0.1) is 0 Å². The maximum absolute atomic E-state index is 14.1. The SMILES string of the molecule is CN1CCN(S(=O)(=O)c2ccc(F)c(F)c2F)[C@H](c2ccccc2)C1. The van der Waals surface area contributed by atoms with Crippen molar-refractivity contribution >= 4 is 10.0 Å². The Balaban J connectivity index is 2.07. The molecule has 25 heavy (non-hydrogen) atoms. The van der Waals surface area contributed by atoms with E-state index in [0.29, 0.717) is 19.2 Å². The normalized spacial score (nSPS) is 19.9. The van der Waals surface area contributed by atoms with E-state index in [9.17, 15) is 21.6 Å². The molecule has 0 radical (unpaired) electrons. The van der Waals surface area contributed by atoms with Gasteiger partial charge in [-0.1, -0.05) is 30.3 Å². The van der Waals surface area contributed by atoms with Gasteiger partial charge in [-0.3, -0.25) is 0 Å². The molecule has 0 aliphatic carbocycles. The molecule has 0 bridgehead atoms. The number of halogens is 3. The van der Waals surface area contributed by atoms with Gasteiger partial charge >= 0.3 is 0 Å². The van der Waals surface area contributed by atoms with Crippen molar-refractivity contribution in [3.8, 4) is 0 Å². The Kier molecular flexibility index (Phi) is 4.86. The third-order valence-electron chi connectivity index (χ3n) is 4.31. The van der Waals surface area contributed by atoms with E-state index < -0.39 is 38.4 Å². The highest BCUT2D eigenvalue weighted by atomic mass is 32.2. The molecule has 0 spiro atoms. The van der Waals surface area contributed by atoms with Gasteiger partial charge in [0.2, 0.25) is 10.0 Å². The van der Waals surface area contributed by atoms with Gasteiger partial charge in [0.25, 0.3) is 0 Å². The molecule has 1 aliphatic heterocycles. The summed E-state index contributed by atoms with van der Waals surface area (Å²) in [5, 5.41) is 0. The third-order valence-corrected chi connectivity index (χ3v) is 6.23. The van der Waals surface area contributed by atoms with Gasteiger partial charge in [0.1, 0.15) is 4.90 Å². The number of hydrogen-bond acceptors (Lipinski definition) is 3. The van der Waals surface area contributed by atoms with Crippen LogP contribution < -0.4 is 0 Å². The first-order valence-electron chi connectivity index (χ1n) is 7.71. The fourth-order valence-electron chi connectivity index (χ4n) is 2.97. The van der Waals surface area contributed by atoms with Crippen molar-refractivity contribution in [2.24, 2.45) is 0 Å². The second-order valence-electron chi connectivity index (χ2n) is 5.98. The molecule has 0 aromatic heterocycles. The molecule has 0 N–H and O–H groups in total. The number of hydrogen-bond donors (Lipinski definition) is 0. The summed E-state index contributed by atoms with van der Waals surface area (Å²) < 4.78 is 67.8. The minimum Gasteiger partial charge on any atom is -0.303 e. The van der Waals surface area contributed by atoms with Crippen LogP contribution in [0.5, 0.6) is 0 Å². The van der Waals surface area contributed by atoms with Crippen molar-refractivity contribution < 1.29 is 21.6 Å². The monoisotopic (exact) mass is 370 g/mol. The average Bonchev–Trinajstić information content (AvgIpc) is 2.60. The summed E-state index contributed by atoms with van der Waals surface area (Å²) in [6.45, 7) is 0.985. The lowest BCUT2D eigenvalue weighted by Gasteiger charge is -2.39. The molecule has 8 heteroatoms. The molecule has 1 fully saturated rings. The van der Waals surface area contributed by atoms with Gasteiger partial charge in [0, 0.05) is 19.6 Å². The summed E-state index contributed by atoms with van der Waals surface area (Å²) in [5.74, 6) is -4.90. The highest BCUT2D eigenvalue weighted by molar-refractivity contribution is 7.89. The number of sulfonamides is 1. The Morgan fingerprint density at radius 3 is 2.32 bits per heavy atom. The fourth-order valence-corrected chi connectivity index (χ4v) is 4.63. The van der Waals surface area contributed by atoms with Crippen LogP contribution in [0.25, 0.3) is 0 Å². The zero-order valence-electron chi connectivity index (χ0n) is 13.5. The van der Waals surface area contributed by atoms with Gasteiger partial charge < -0.3 is 4.90 Å². The van der Waals surface area contributed by atoms with E-state index >= 15 is 0 Å². The Morgan fingerprint density at radius 2 is 1.64 bits per heavy atom. The maximum Gasteiger partial charge on any atom is 0.246 e. The number of piperazine rings is 1. The Labute approximate surface area is 144 Å². The van der Waals surface area contributed by atoms with E-state index in [4.69, 9.17) is 0 Å². The van der Waals surface area contributed by atoms with E-state index in [1.165, 1.54) is 0 Å². The van der Waals surface area contributed by atoms with Crippen LogP contribution in [0.3, 0.4) is 0 Å². The molecule has 3 rings (SSSR count). The van der Waals surface area contributed by atoms with Gasteiger partial charge in [0.15, 0.2) is 17.5 Å². The second kappa shape index (κ2) is 6.78. The lowest BCUT2D eigenvalue weighted by atomic mass is 10.1. The van der Waals surface area contributed by atoms with Crippen LogP contribution in [0.2, 0.25) is 0 Å². The van der Waals surface area contributed by atoms with Crippen LogP contribution in [-0.4, -0.2) is 44.3 Å². The van der Waals surface area contributed by atoms with E-state index in [0.717, 1.165) is 15.9 Å². The summed E-state index contributed by atoms with van der Waals surface area (Å²) in [4.78, 5) is 1.11. The zero-order valence-corrected chi connectivity index (χ0v) is 14.3. The largest absolute Gasteiger partial charge is 0.303 e. The van der Waals surface area contributed by atoms with E-state index in [1.807, 2.05) is 18.0 Å². The molecule has 134 valence electrons. The second-order valence-corrected chi connectivity index (χ2v) is 7.84. The van der Waals surface area contributed by atoms with Crippen LogP contribution in [0.4, 0.5) is 13.2 Å². The number of rotatable bonds is 3. The predicted octanol–water partition coefficient (Wildman–Crippen LogP) is 2.78. The van der Waals surface area contributed by atoms with Crippen molar-refractivity contribution in [2.45, 2.75) is 10.9 Å². The van der Waals surface area contributed by atoms with E-state index in [2.05, 4.69) is 0 Å². The first-order chi connectivity index (χ1) is 11.8. The first kappa shape index (κ1) is 17.9. The van der Waals surface area contributed by atoms with Gasteiger partial charge in [-0.2, -0.15) is 4.31 Å². The third kappa shape index (κ3) is 3.29. The first-order valence-corrected chi connectivity index (χ1v) is 9.15. The molecule has 1 heterocycles. The molecule has 2 aromatic carbocycles. The molecule has 0 unspecified atom stereocenters. The molecular weight excluding hydrogens is 353 g/mol. The highest BCUT2D eigenvalue weighted by Gasteiger charge is 2.38. The minimum atomic E-state index is -4.33.